The fraction of sp³-hybridized carbons (Fsp3) is 1.00. The summed E-state index contributed by atoms with van der Waals surface area (Å²) in [5.74, 6) is 0.176. The molecule has 0 aromatic rings. The number of hydrogen-bond acceptors (Lipinski definition) is 1. The molecule has 2 atom stereocenters. The highest BCUT2D eigenvalue weighted by atomic mass is 35.5. The zero-order valence-electron chi connectivity index (χ0n) is 5.35. The lowest BCUT2D eigenvalue weighted by atomic mass is 10.1. The third-order valence-electron chi connectivity index (χ3n) is 1.92. The van der Waals surface area contributed by atoms with Gasteiger partial charge in [-0.3, -0.25) is 4.39 Å². The van der Waals surface area contributed by atoms with E-state index in [0.29, 0.717) is 0 Å². The first-order chi connectivity index (χ1) is 3.84. The smallest absolute Gasteiger partial charge is 0.0937 e. The lowest BCUT2D eigenvalue weighted by Crippen LogP contribution is -2.25. The van der Waals surface area contributed by atoms with Crippen LogP contribution in [0.4, 0.5) is 4.39 Å². The second kappa shape index (κ2) is 4.07. The van der Waals surface area contributed by atoms with E-state index >= 15 is 0 Å². The highest BCUT2D eigenvalue weighted by molar-refractivity contribution is 5.85. The molecule has 0 bridgehead atoms. The maximum atomic E-state index is 11.9. The van der Waals surface area contributed by atoms with Gasteiger partial charge in [-0.25, -0.2) is 0 Å². The molecule has 1 aliphatic carbocycles. The largest absolute Gasteiger partial charge is 0.327 e. The number of rotatable bonds is 1. The minimum atomic E-state index is -0.221. The molecule has 1 saturated carbocycles. The van der Waals surface area contributed by atoms with Gasteiger partial charge < -0.3 is 5.73 Å². The molecule has 2 N–H and O–H groups in total. The Hall–Kier alpha value is 0.180. The fourth-order valence-electron chi connectivity index (χ4n) is 1.26. The van der Waals surface area contributed by atoms with E-state index in [4.69, 9.17) is 5.73 Å². The topological polar surface area (TPSA) is 26.0 Å². The molecule has 0 spiro atoms. The van der Waals surface area contributed by atoms with Crippen molar-refractivity contribution in [3.63, 3.8) is 0 Å². The van der Waals surface area contributed by atoms with Crippen LogP contribution in [0.15, 0.2) is 0 Å². The molecule has 1 fully saturated rings. The van der Waals surface area contributed by atoms with E-state index in [1.807, 2.05) is 0 Å². The van der Waals surface area contributed by atoms with Crippen LogP contribution < -0.4 is 5.73 Å². The Balaban J connectivity index is 0.000000640. The van der Waals surface area contributed by atoms with Crippen molar-refractivity contribution >= 4 is 12.4 Å². The molecule has 1 aliphatic rings. The summed E-state index contributed by atoms with van der Waals surface area (Å²) in [7, 11) is 0. The second-order valence-corrected chi connectivity index (χ2v) is 2.51. The van der Waals surface area contributed by atoms with Crippen molar-refractivity contribution in [2.24, 2.45) is 11.7 Å². The second-order valence-electron chi connectivity index (χ2n) is 2.51. The third kappa shape index (κ3) is 2.11. The van der Waals surface area contributed by atoms with Crippen LogP contribution in [0.2, 0.25) is 0 Å². The molecule has 0 aliphatic heterocycles. The van der Waals surface area contributed by atoms with Gasteiger partial charge in [-0.1, -0.05) is 6.42 Å². The van der Waals surface area contributed by atoms with Gasteiger partial charge in [-0.2, -0.15) is 0 Å². The van der Waals surface area contributed by atoms with Gasteiger partial charge in [0.1, 0.15) is 0 Å². The number of hydrogen-bond donors (Lipinski definition) is 1. The van der Waals surface area contributed by atoms with Crippen LogP contribution in [-0.2, 0) is 0 Å². The maximum Gasteiger partial charge on any atom is 0.0937 e. The van der Waals surface area contributed by atoms with Crippen molar-refractivity contribution in [2.45, 2.75) is 25.3 Å². The summed E-state index contributed by atoms with van der Waals surface area (Å²) in [6.07, 6.45) is 3.14. The summed E-state index contributed by atoms with van der Waals surface area (Å²) in [6, 6.07) is 0.153. The minimum absolute atomic E-state index is 0. The zero-order valence-corrected chi connectivity index (χ0v) is 6.16. The van der Waals surface area contributed by atoms with Gasteiger partial charge >= 0.3 is 0 Å². The maximum absolute atomic E-state index is 11.9. The Bertz CT molecular complexity index is 79.5. The van der Waals surface area contributed by atoms with Gasteiger partial charge in [-0.05, 0) is 12.8 Å². The molecule has 3 heteroatoms. The first-order valence-electron chi connectivity index (χ1n) is 3.16. The third-order valence-corrected chi connectivity index (χ3v) is 1.92. The normalized spacial score (nSPS) is 34.0. The van der Waals surface area contributed by atoms with Gasteiger partial charge in [0.25, 0.3) is 0 Å². The van der Waals surface area contributed by atoms with Crippen LogP contribution >= 0.6 is 12.4 Å². The monoisotopic (exact) mass is 153 g/mol. The van der Waals surface area contributed by atoms with Gasteiger partial charge in [0.15, 0.2) is 0 Å². The molecule has 0 saturated heterocycles. The van der Waals surface area contributed by atoms with Gasteiger partial charge in [0.05, 0.1) is 6.67 Å². The first kappa shape index (κ1) is 9.18. The highest BCUT2D eigenvalue weighted by Gasteiger charge is 2.22. The molecule has 9 heavy (non-hydrogen) atoms. The van der Waals surface area contributed by atoms with E-state index in [9.17, 15) is 4.39 Å². The zero-order chi connectivity index (χ0) is 5.98. The molecular weight excluding hydrogens is 141 g/mol. The standard InChI is InChI=1S/C6H12FN.ClH/c7-4-5-2-1-3-6(5)8;/h5-6H,1-4,8H2;1H/t5-,6+;/m0./s1. The molecule has 1 nitrogen and oxygen atoms in total. The van der Waals surface area contributed by atoms with Crippen LogP contribution in [0, 0.1) is 5.92 Å². The molecule has 0 unspecified atom stereocenters. The van der Waals surface area contributed by atoms with Gasteiger partial charge in [-0.15, -0.1) is 12.4 Å². The highest BCUT2D eigenvalue weighted by Crippen LogP contribution is 2.23. The molecule has 1 rings (SSSR count). The summed E-state index contributed by atoms with van der Waals surface area (Å²) < 4.78 is 11.9. The predicted octanol–water partition coefficient (Wildman–Crippen LogP) is 1.51. The predicted molar refractivity (Wildman–Crippen MR) is 38.5 cm³/mol. The van der Waals surface area contributed by atoms with Crippen LogP contribution in [-0.4, -0.2) is 12.7 Å². The summed E-state index contributed by atoms with van der Waals surface area (Å²) in [5.41, 5.74) is 5.55. The van der Waals surface area contributed by atoms with E-state index in [2.05, 4.69) is 0 Å². The van der Waals surface area contributed by atoms with Crippen molar-refractivity contribution in [1.82, 2.24) is 0 Å². The average Bonchev–Trinajstić information content (AvgIpc) is 2.14. The van der Waals surface area contributed by atoms with E-state index in [1.165, 1.54) is 0 Å². The first-order valence-corrected chi connectivity index (χ1v) is 3.16. The SMILES string of the molecule is Cl.N[C@@H]1CCC[C@H]1CF. The van der Waals surface area contributed by atoms with E-state index < -0.39 is 0 Å². The molecule has 0 heterocycles. The fourth-order valence-corrected chi connectivity index (χ4v) is 1.26. The van der Waals surface area contributed by atoms with E-state index in [-0.39, 0.29) is 31.0 Å². The minimum Gasteiger partial charge on any atom is -0.327 e. The van der Waals surface area contributed by atoms with E-state index in [0.717, 1.165) is 19.3 Å². The number of nitrogens with two attached hydrogens (primary N) is 1. The van der Waals surface area contributed by atoms with Crippen LogP contribution in [0.5, 0.6) is 0 Å². The Morgan fingerprint density at radius 3 is 2.33 bits per heavy atom. The van der Waals surface area contributed by atoms with Crippen molar-refractivity contribution < 1.29 is 4.39 Å². The van der Waals surface area contributed by atoms with Crippen LogP contribution in [0.3, 0.4) is 0 Å². The van der Waals surface area contributed by atoms with Gasteiger partial charge in [0.2, 0.25) is 0 Å². The van der Waals surface area contributed by atoms with Crippen molar-refractivity contribution in [2.75, 3.05) is 6.67 Å². The molecule has 56 valence electrons. The number of halogens is 2. The Kier molecular flexibility index (Phi) is 4.15. The number of alkyl halides is 1. The lowest BCUT2D eigenvalue weighted by Gasteiger charge is -2.08. The average molecular weight is 154 g/mol. The van der Waals surface area contributed by atoms with E-state index in [1.54, 1.807) is 0 Å². The van der Waals surface area contributed by atoms with Crippen LogP contribution in [0.1, 0.15) is 19.3 Å². The molecule has 0 radical (unpaired) electrons. The lowest BCUT2D eigenvalue weighted by molar-refractivity contribution is 0.342. The van der Waals surface area contributed by atoms with Crippen molar-refractivity contribution in [3.8, 4) is 0 Å². The molecule has 0 amide bonds. The van der Waals surface area contributed by atoms with Gasteiger partial charge in [0, 0.05) is 12.0 Å². The molecule has 0 aromatic heterocycles. The van der Waals surface area contributed by atoms with Crippen molar-refractivity contribution in [3.05, 3.63) is 0 Å². The Morgan fingerprint density at radius 2 is 2.11 bits per heavy atom. The molecular formula is C6H13ClFN. The molecule has 0 aromatic carbocycles. The van der Waals surface area contributed by atoms with Crippen LogP contribution in [0.25, 0.3) is 0 Å². The summed E-state index contributed by atoms with van der Waals surface area (Å²) in [5, 5.41) is 0. The summed E-state index contributed by atoms with van der Waals surface area (Å²) >= 11 is 0. The van der Waals surface area contributed by atoms with Crippen molar-refractivity contribution in [1.29, 1.82) is 0 Å². The Morgan fingerprint density at radius 1 is 1.44 bits per heavy atom. The summed E-state index contributed by atoms with van der Waals surface area (Å²) in [6.45, 7) is -0.221. The quantitative estimate of drug-likeness (QED) is 0.607. The Labute approximate surface area is 61.2 Å². The summed E-state index contributed by atoms with van der Waals surface area (Å²) in [4.78, 5) is 0.